The van der Waals surface area contributed by atoms with E-state index >= 15 is 0 Å². The smallest absolute Gasteiger partial charge is 0.203 e. The molecule has 36 heavy (non-hydrogen) atoms. The van der Waals surface area contributed by atoms with Gasteiger partial charge in [-0.3, -0.25) is 0 Å². The Kier molecular flexibility index (Phi) is 6.45. The van der Waals surface area contributed by atoms with E-state index in [0.717, 1.165) is 39.5 Å². The van der Waals surface area contributed by atoms with E-state index in [1.165, 1.54) is 5.56 Å². The molecule has 0 aliphatic rings. The zero-order chi connectivity index (χ0) is 25.1. The molecule has 0 fully saturated rings. The van der Waals surface area contributed by atoms with Crippen molar-refractivity contribution in [1.82, 2.24) is 14.6 Å². The van der Waals surface area contributed by atoms with Crippen molar-refractivity contribution in [2.45, 2.75) is 13.5 Å². The second-order valence-electron chi connectivity index (χ2n) is 8.45. The van der Waals surface area contributed by atoms with Crippen LogP contribution >= 0.6 is 0 Å². The van der Waals surface area contributed by atoms with Crippen LogP contribution in [0.2, 0.25) is 0 Å². The van der Waals surface area contributed by atoms with Gasteiger partial charge in [-0.05, 0) is 24.6 Å². The molecule has 5 aromatic rings. The predicted octanol–water partition coefficient (Wildman–Crippen LogP) is 6.01. The lowest BCUT2D eigenvalue weighted by atomic mass is 10.1. The molecule has 0 radical (unpaired) electrons. The summed E-state index contributed by atoms with van der Waals surface area (Å²) in [6.07, 6.45) is 0. The third kappa shape index (κ3) is 4.55. The van der Waals surface area contributed by atoms with Crippen LogP contribution in [0.1, 0.15) is 11.1 Å². The number of nitrogens with zero attached hydrogens (tertiary/aromatic N) is 3. The van der Waals surface area contributed by atoms with Crippen LogP contribution in [-0.4, -0.2) is 35.9 Å². The first-order valence-electron chi connectivity index (χ1n) is 11.7. The second kappa shape index (κ2) is 10.00. The minimum Gasteiger partial charge on any atom is -0.493 e. The van der Waals surface area contributed by atoms with Gasteiger partial charge in [-0.1, -0.05) is 60.2 Å². The number of ether oxygens (including phenoxy) is 3. The Balaban J connectivity index is 1.56. The lowest BCUT2D eigenvalue weighted by Crippen LogP contribution is -2.07. The summed E-state index contributed by atoms with van der Waals surface area (Å²) in [5.41, 5.74) is 6.76. The molecule has 0 aliphatic carbocycles. The Hall–Kier alpha value is -4.52. The van der Waals surface area contributed by atoms with E-state index in [9.17, 15) is 0 Å². The van der Waals surface area contributed by atoms with Crippen LogP contribution in [0.5, 0.6) is 17.2 Å². The number of fused-ring (bicyclic) bond motifs is 1. The molecule has 0 unspecified atom stereocenters. The molecule has 5 rings (SSSR count). The molecule has 0 saturated heterocycles. The number of benzene rings is 3. The van der Waals surface area contributed by atoms with Crippen LogP contribution in [0.15, 0.2) is 78.9 Å². The van der Waals surface area contributed by atoms with Crippen molar-refractivity contribution in [3.63, 3.8) is 0 Å². The van der Waals surface area contributed by atoms with Crippen molar-refractivity contribution in [1.29, 1.82) is 0 Å². The van der Waals surface area contributed by atoms with Crippen molar-refractivity contribution >= 4 is 11.5 Å². The van der Waals surface area contributed by atoms with Crippen LogP contribution in [0.25, 0.3) is 28.2 Å². The number of anilines is 1. The van der Waals surface area contributed by atoms with Gasteiger partial charge < -0.3 is 19.5 Å². The first-order chi connectivity index (χ1) is 17.6. The van der Waals surface area contributed by atoms with Crippen LogP contribution < -0.4 is 19.5 Å². The zero-order valence-electron chi connectivity index (χ0n) is 20.8. The molecule has 182 valence electrons. The fraction of sp³-hybridized carbons (Fsp3) is 0.172. The van der Waals surface area contributed by atoms with Gasteiger partial charge in [0.25, 0.3) is 0 Å². The Morgan fingerprint density at radius 2 is 1.42 bits per heavy atom. The first-order valence-corrected chi connectivity index (χ1v) is 11.7. The van der Waals surface area contributed by atoms with Gasteiger partial charge in [0.2, 0.25) is 5.75 Å². The number of methoxy groups -OCH3 is 3. The van der Waals surface area contributed by atoms with Crippen LogP contribution in [0.3, 0.4) is 0 Å². The van der Waals surface area contributed by atoms with E-state index in [4.69, 9.17) is 24.3 Å². The summed E-state index contributed by atoms with van der Waals surface area (Å²) in [4.78, 5) is 4.91. The quantitative estimate of drug-likeness (QED) is 0.293. The Morgan fingerprint density at radius 1 is 0.750 bits per heavy atom. The molecule has 0 amide bonds. The van der Waals surface area contributed by atoms with Gasteiger partial charge in [0, 0.05) is 29.8 Å². The summed E-state index contributed by atoms with van der Waals surface area (Å²) >= 11 is 0. The van der Waals surface area contributed by atoms with E-state index in [0.29, 0.717) is 23.8 Å². The molecular weight excluding hydrogens is 452 g/mol. The number of aryl methyl sites for hydroxylation is 1. The molecule has 3 aromatic carbocycles. The second-order valence-corrected chi connectivity index (χ2v) is 8.45. The van der Waals surface area contributed by atoms with Gasteiger partial charge in [0.05, 0.1) is 32.7 Å². The number of aromatic nitrogens is 3. The molecule has 0 atom stereocenters. The van der Waals surface area contributed by atoms with Crippen molar-refractivity contribution in [3.8, 4) is 39.8 Å². The summed E-state index contributed by atoms with van der Waals surface area (Å²) in [5, 5.41) is 8.41. The maximum atomic E-state index is 5.52. The lowest BCUT2D eigenvalue weighted by molar-refractivity contribution is 0.324. The number of hydrogen-bond acceptors (Lipinski definition) is 6. The SMILES string of the molecule is COc1cc(CNc2cc(-c3ccccc3)nc3cc(-c4ccc(C)cc4)nn23)cc(OC)c1OC. The van der Waals surface area contributed by atoms with Crippen molar-refractivity contribution in [2.24, 2.45) is 0 Å². The van der Waals surface area contributed by atoms with Gasteiger partial charge in [-0.15, -0.1) is 0 Å². The maximum Gasteiger partial charge on any atom is 0.203 e. The van der Waals surface area contributed by atoms with Gasteiger partial charge in [-0.2, -0.15) is 9.61 Å². The van der Waals surface area contributed by atoms with E-state index in [1.807, 2.05) is 47.0 Å². The highest BCUT2D eigenvalue weighted by Gasteiger charge is 2.15. The van der Waals surface area contributed by atoms with E-state index < -0.39 is 0 Å². The molecule has 0 bridgehead atoms. The minimum absolute atomic E-state index is 0.518. The number of rotatable bonds is 8. The molecule has 2 heterocycles. The average molecular weight is 481 g/mol. The summed E-state index contributed by atoms with van der Waals surface area (Å²) < 4.78 is 18.3. The molecule has 1 N–H and O–H groups in total. The Morgan fingerprint density at radius 3 is 2.06 bits per heavy atom. The van der Waals surface area contributed by atoms with Crippen LogP contribution in [0, 0.1) is 6.92 Å². The Bertz CT molecular complexity index is 1470. The van der Waals surface area contributed by atoms with Crippen molar-refractivity contribution < 1.29 is 14.2 Å². The molecule has 7 heteroatoms. The summed E-state index contributed by atoms with van der Waals surface area (Å²) in [7, 11) is 4.83. The van der Waals surface area contributed by atoms with E-state index in [2.05, 4.69) is 48.6 Å². The monoisotopic (exact) mass is 480 g/mol. The minimum atomic E-state index is 0.518. The highest BCUT2D eigenvalue weighted by Crippen LogP contribution is 2.38. The average Bonchev–Trinajstić information content (AvgIpc) is 3.36. The van der Waals surface area contributed by atoms with Crippen molar-refractivity contribution in [2.75, 3.05) is 26.6 Å². The normalized spacial score (nSPS) is 10.9. The molecule has 0 aliphatic heterocycles. The summed E-state index contributed by atoms with van der Waals surface area (Å²) in [6.45, 7) is 2.59. The zero-order valence-corrected chi connectivity index (χ0v) is 20.8. The van der Waals surface area contributed by atoms with Gasteiger partial charge in [-0.25, -0.2) is 4.98 Å². The standard InChI is InChI=1S/C29H28N4O3/c1-19-10-12-22(13-11-19)24-17-28-31-23(21-8-6-5-7-9-21)16-27(33(28)32-24)30-18-20-14-25(34-2)29(36-4)26(15-20)35-3/h5-17,30H,18H2,1-4H3. The number of nitrogens with one attached hydrogen (secondary N) is 1. The molecule has 0 spiro atoms. The fourth-order valence-corrected chi connectivity index (χ4v) is 4.15. The molecular formula is C29H28N4O3. The predicted molar refractivity (Wildman–Crippen MR) is 142 cm³/mol. The fourth-order valence-electron chi connectivity index (χ4n) is 4.15. The largest absolute Gasteiger partial charge is 0.493 e. The Labute approximate surface area is 210 Å². The third-order valence-corrected chi connectivity index (χ3v) is 6.04. The lowest BCUT2D eigenvalue weighted by Gasteiger charge is -2.15. The molecule has 0 saturated carbocycles. The van der Waals surface area contributed by atoms with Crippen LogP contribution in [0.4, 0.5) is 5.82 Å². The highest BCUT2D eigenvalue weighted by atomic mass is 16.5. The summed E-state index contributed by atoms with van der Waals surface area (Å²) in [6, 6.07) is 26.4. The van der Waals surface area contributed by atoms with Crippen molar-refractivity contribution in [3.05, 3.63) is 90.0 Å². The highest BCUT2D eigenvalue weighted by molar-refractivity contribution is 5.71. The van der Waals surface area contributed by atoms with E-state index in [1.54, 1.807) is 21.3 Å². The third-order valence-electron chi connectivity index (χ3n) is 6.04. The molecule has 7 nitrogen and oxygen atoms in total. The molecule has 2 aromatic heterocycles. The van der Waals surface area contributed by atoms with Gasteiger partial charge in [0.15, 0.2) is 17.1 Å². The van der Waals surface area contributed by atoms with E-state index in [-0.39, 0.29) is 0 Å². The first kappa shape index (κ1) is 23.2. The summed E-state index contributed by atoms with van der Waals surface area (Å²) in [5.74, 6) is 2.61. The van der Waals surface area contributed by atoms with Gasteiger partial charge >= 0.3 is 0 Å². The topological polar surface area (TPSA) is 69.9 Å². The number of hydrogen-bond donors (Lipinski definition) is 1. The van der Waals surface area contributed by atoms with Gasteiger partial charge in [0.1, 0.15) is 5.82 Å². The maximum absolute atomic E-state index is 5.52. The van der Waals surface area contributed by atoms with Crippen LogP contribution in [-0.2, 0) is 6.54 Å².